The molecule has 2 N–H and O–H groups in total. The largest absolute Gasteiger partial charge is 0.434 e. The molecule has 1 fully saturated rings. The van der Waals surface area contributed by atoms with Crippen molar-refractivity contribution in [2.45, 2.75) is 31.2 Å². The van der Waals surface area contributed by atoms with E-state index in [2.05, 4.69) is 25.7 Å². The Morgan fingerprint density at radius 1 is 1.00 bits per heavy atom. The summed E-state index contributed by atoms with van der Waals surface area (Å²) in [5.74, 6) is -0.483. The van der Waals surface area contributed by atoms with E-state index >= 15 is 0 Å². The molecule has 0 amide bonds. The Morgan fingerprint density at radius 2 is 1.61 bits per heavy atom. The van der Waals surface area contributed by atoms with E-state index in [1.165, 1.54) is 7.05 Å². The predicted octanol–water partition coefficient (Wildman–Crippen LogP) is 5.78. The SMILES string of the molecule is CNc1c2c(C(F)(F)F)nc(NC3CC3)nc2nn1-c1c(Cl)cc(C(F)(F)F)cc1Cl. The van der Waals surface area contributed by atoms with Crippen molar-refractivity contribution in [1.82, 2.24) is 19.7 Å². The normalized spacial score (nSPS) is 14.9. The highest BCUT2D eigenvalue weighted by Crippen LogP contribution is 2.42. The zero-order chi connectivity index (χ0) is 22.7. The van der Waals surface area contributed by atoms with Gasteiger partial charge in [0.15, 0.2) is 11.3 Å². The molecule has 0 bridgehead atoms. The highest BCUT2D eigenvalue weighted by Gasteiger charge is 2.39. The molecule has 14 heteroatoms. The van der Waals surface area contributed by atoms with Crippen molar-refractivity contribution in [3.8, 4) is 5.69 Å². The molecule has 1 aromatic carbocycles. The topological polar surface area (TPSA) is 67.7 Å². The number of benzene rings is 1. The first-order chi connectivity index (χ1) is 14.4. The molecular formula is C17H12Cl2F6N6. The van der Waals surface area contributed by atoms with Crippen LogP contribution in [0.1, 0.15) is 24.1 Å². The van der Waals surface area contributed by atoms with E-state index in [0.29, 0.717) is 12.1 Å². The van der Waals surface area contributed by atoms with Gasteiger partial charge in [-0.05, 0) is 25.0 Å². The quantitative estimate of drug-likeness (QED) is 0.459. The number of hydrogen-bond acceptors (Lipinski definition) is 5. The first-order valence-corrected chi connectivity index (χ1v) is 9.54. The number of hydrogen-bond donors (Lipinski definition) is 2. The fourth-order valence-electron chi connectivity index (χ4n) is 2.99. The van der Waals surface area contributed by atoms with Gasteiger partial charge in [0, 0.05) is 13.1 Å². The van der Waals surface area contributed by atoms with E-state index in [9.17, 15) is 26.3 Å². The summed E-state index contributed by atoms with van der Waals surface area (Å²) < 4.78 is 81.3. The number of fused-ring (bicyclic) bond motifs is 1. The third kappa shape index (κ3) is 4.05. The van der Waals surface area contributed by atoms with E-state index < -0.39 is 39.0 Å². The van der Waals surface area contributed by atoms with Crippen molar-refractivity contribution in [2.75, 3.05) is 17.7 Å². The fourth-order valence-corrected chi connectivity index (χ4v) is 3.64. The maximum Gasteiger partial charge on any atom is 0.434 e. The van der Waals surface area contributed by atoms with Crippen molar-refractivity contribution >= 4 is 46.0 Å². The van der Waals surface area contributed by atoms with Gasteiger partial charge in [-0.25, -0.2) is 9.67 Å². The van der Waals surface area contributed by atoms with Crippen LogP contribution >= 0.6 is 23.2 Å². The molecule has 1 aliphatic rings. The number of aromatic nitrogens is 4. The number of halogens is 8. The van der Waals surface area contributed by atoms with Crippen LogP contribution in [0.4, 0.5) is 38.1 Å². The number of nitrogens with zero attached hydrogens (tertiary/aromatic N) is 4. The Bertz CT molecular complexity index is 1150. The highest BCUT2D eigenvalue weighted by molar-refractivity contribution is 6.38. The molecule has 0 atom stereocenters. The van der Waals surface area contributed by atoms with Crippen molar-refractivity contribution in [2.24, 2.45) is 0 Å². The molecule has 3 aromatic rings. The number of nitrogens with one attached hydrogen (secondary N) is 2. The summed E-state index contributed by atoms with van der Waals surface area (Å²) in [5, 5.41) is 8.01. The Balaban J connectivity index is 1.98. The van der Waals surface area contributed by atoms with Gasteiger partial charge >= 0.3 is 12.4 Å². The lowest BCUT2D eigenvalue weighted by Gasteiger charge is -2.14. The van der Waals surface area contributed by atoms with E-state index in [4.69, 9.17) is 23.2 Å². The molecule has 1 aliphatic carbocycles. The number of anilines is 2. The van der Waals surface area contributed by atoms with Gasteiger partial charge in [0.05, 0.1) is 21.0 Å². The van der Waals surface area contributed by atoms with Crippen LogP contribution in [0.5, 0.6) is 0 Å². The second-order valence-electron chi connectivity index (χ2n) is 6.81. The van der Waals surface area contributed by atoms with E-state index in [-0.39, 0.29) is 29.1 Å². The van der Waals surface area contributed by atoms with Gasteiger partial charge in [0.25, 0.3) is 0 Å². The van der Waals surface area contributed by atoms with Crippen molar-refractivity contribution in [3.63, 3.8) is 0 Å². The van der Waals surface area contributed by atoms with Crippen LogP contribution < -0.4 is 10.6 Å². The van der Waals surface area contributed by atoms with Gasteiger partial charge in [0.1, 0.15) is 11.5 Å². The first-order valence-electron chi connectivity index (χ1n) is 8.79. The van der Waals surface area contributed by atoms with E-state index in [1.54, 1.807) is 0 Å². The monoisotopic (exact) mass is 484 g/mol. The fraction of sp³-hybridized carbons (Fsp3) is 0.353. The van der Waals surface area contributed by atoms with Gasteiger partial charge in [-0.1, -0.05) is 23.2 Å². The highest BCUT2D eigenvalue weighted by atomic mass is 35.5. The van der Waals surface area contributed by atoms with Crippen molar-refractivity contribution in [1.29, 1.82) is 0 Å². The molecule has 6 nitrogen and oxygen atoms in total. The van der Waals surface area contributed by atoms with Gasteiger partial charge < -0.3 is 10.6 Å². The summed E-state index contributed by atoms with van der Waals surface area (Å²) in [6.07, 6.45) is -8.02. The molecule has 0 aliphatic heterocycles. The minimum atomic E-state index is -4.85. The van der Waals surface area contributed by atoms with E-state index in [1.807, 2.05) is 0 Å². The van der Waals surface area contributed by atoms with Crippen LogP contribution in [0, 0.1) is 0 Å². The van der Waals surface area contributed by atoms with Gasteiger partial charge in [-0.3, -0.25) is 0 Å². The van der Waals surface area contributed by atoms with Crippen LogP contribution in [0.25, 0.3) is 16.7 Å². The lowest BCUT2D eigenvalue weighted by Crippen LogP contribution is -2.14. The van der Waals surface area contributed by atoms with Crippen molar-refractivity contribution < 1.29 is 26.3 Å². The van der Waals surface area contributed by atoms with Gasteiger partial charge in [-0.2, -0.15) is 31.3 Å². The first kappa shape index (κ1) is 21.8. The maximum absolute atomic E-state index is 13.8. The number of alkyl halides is 6. The Morgan fingerprint density at radius 3 is 2.10 bits per heavy atom. The summed E-state index contributed by atoms with van der Waals surface area (Å²) in [5.41, 5.74) is -2.93. The molecule has 0 spiro atoms. The predicted molar refractivity (Wildman–Crippen MR) is 103 cm³/mol. The zero-order valence-electron chi connectivity index (χ0n) is 15.5. The molecule has 0 saturated heterocycles. The maximum atomic E-state index is 13.8. The molecule has 0 radical (unpaired) electrons. The summed E-state index contributed by atoms with van der Waals surface area (Å²) in [6.45, 7) is 0. The van der Waals surface area contributed by atoms with Crippen LogP contribution in [0.2, 0.25) is 10.0 Å². The summed E-state index contributed by atoms with van der Waals surface area (Å²) in [6, 6.07) is 1.21. The lowest BCUT2D eigenvalue weighted by molar-refractivity contribution is -0.140. The molecule has 0 unspecified atom stereocenters. The summed E-state index contributed by atoms with van der Waals surface area (Å²) in [7, 11) is 1.31. The molecule has 166 valence electrons. The third-order valence-electron chi connectivity index (χ3n) is 4.51. The standard InChI is InChI=1S/C17H12Cl2F6N6/c1-26-14-10-12(17(23,24)25)28-15(27-7-2-3-7)29-13(10)30-31(14)11-8(18)4-6(5-9(11)19)16(20,21)22/h4-5,7,26H,2-3H2,1H3,(H,27,29,30). The van der Waals surface area contributed by atoms with Crippen LogP contribution in [0.15, 0.2) is 12.1 Å². The average Bonchev–Trinajstić information content (AvgIpc) is 3.37. The lowest BCUT2D eigenvalue weighted by atomic mass is 10.2. The van der Waals surface area contributed by atoms with Crippen LogP contribution in [-0.2, 0) is 12.4 Å². The zero-order valence-corrected chi connectivity index (χ0v) is 17.0. The molecule has 4 rings (SSSR count). The van der Waals surface area contributed by atoms with Crippen molar-refractivity contribution in [3.05, 3.63) is 33.4 Å². The molecule has 2 aromatic heterocycles. The van der Waals surface area contributed by atoms with E-state index in [0.717, 1.165) is 17.5 Å². The third-order valence-corrected chi connectivity index (χ3v) is 5.08. The second-order valence-corrected chi connectivity index (χ2v) is 7.62. The van der Waals surface area contributed by atoms with Gasteiger partial charge in [0.2, 0.25) is 5.95 Å². The summed E-state index contributed by atoms with van der Waals surface area (Å²) >= 11 is 12.1. The van der Waals surface area contributed by atoms with Gasteiger partial charge in [-0.15, -0.1) is 5.10 Å². The smallest absolute Gasteiger partial charge is 0.372 e. The molecule has 31 heavy (non-hydrogen) atoms. The van der Waals surface area contributed by atoms with Crippen LogP contribution in [-0.4, -0.2) is 32.8 Å². The molecular weight excluding hydrogens is 473 g/mol. The summed E-state index contributed by atoms with van der Waals surface area (Å²) in [4.78, 5) is 7.64. The Labute approximate surface area is 180 Å². The Hall–Kier alpha value is -2.47. The number of rotatable bonds is 4. The average molecular weight is 485 g/mol. The minimum Gasteiger partial charge on any atom is -0.372 e. The molecule has 2 heterocycles. The Kier molecular flexibility index (Phi) is 5.12. The molecule has 1 saturated carbocycles. The minimum absolute atomic E-state index is 0.0248. The second kappa shape index (κ2) is 7.30. The van der Waals surface area contributed by atoms with Crippen LogP contribution in [0.3, 0.4) is 0 Å².